The molecule has 0 aliphatic heterocycles. The summed E-state index contributed by atoms with van der Waals surface area (Å²) in [5.74, 6) is 0. The maximum atomic E-state index is 10.5. The number of urea groups is 1. The highest BCUT2D eigenvalue weighted by Crippen LogP contribution is 1.76. The van der Waals surface area contributed by atoms with Gasteiger partial charge in [0.05, 0.1) is 12.6 Å². The second kappa shape index (κ2) is 5.01. The Morgan fingerprint density at radius 3 is 2.60 bits per heavy atom. The van der Waals surface area contributed by atoms with Gasteiger partial charge >= 0.3 is 6.03 Å². The maximum absolute atomic E-state index is 10.5. The molecule has 0 spiro atoms. The molecule has 2 amide bonds. The molecule has 0 aromatic heterocycles. The van der Waals surface area contributed by atoms with E-state index in [1.807, 2.05) is 0 Å². The van der Waals surface area contributed by atoms with Crippen LogP contribution in [0.15, 0.2) is 0 Å². The van der Waals surface area contributed by atoms with Crippen LogP contribution in [0.3, 0.4) is 0 Å². The van der Waals surface area contributed by atoms with Crippen molar-refractivity contribution < 1.29 is 15.0 Å². The van der Waals surface area contributed by atoms with Crippen molar-refractivity contribution in [3.63, 3.8) is 0 Å². The zero-order valence-electron chi connectivity index (χ0n) is 5.79. The van der Waals surface area contributed by atoms with Crippen LogP contribution in [0.1, 0.15) is 6.92 Å². The molecule has 0 saturated heterocycles. The van der Waals surface area contributed by atoms with Gasteiger partial charge in [-0.2, -0.15) is 0 Å². The number of amides is 2. The van der Waals surface area contributed by atoms with E-state index >= 15 is 0 Å². The Balaban J connectivity index is 3.37. The van der Waals surface area contributed by atoms with Crippen molar-refractivity contribution in [2.45, 2.75) is 13.0 Å². The summed E-state index contributed by atoms with van der Waals surface area (Å²) >= 11 is 0. The highest BCUT2D eigenvalue weighted by Gasteiger charge is 2.02. The molecule has 4 N–H and O–H groups in total. The van der Waals surface area contributed by atoms with Gasteiger partial charge < -0.3 is 20.8 Å². The van der Waals surface area contributed by atoms with E-state index in [-0.39, 0.29) is 12.6 Å². The summed E-state index contributed by atoms with van der Waals surface area (Å²) in [4.78, 5) is 10.5. The van der Waals surface area contributed by atoms with Crippen LogP contribution in [0, 0.1) is 0 Å². The van der Waals surface area contributed by atoms with Gasteiger partial charge in [0.1, 0.15) is 6.73 Å². The Labute approximate surface area is 59.0 Å². The van der Waals surface area contributed by atoms with Crippen LogP contribution in [-0.4, -0.2) is 35.6 Å². The molecule has 5 heteroatoms. The predicted molar refractivity (Wildman–Crippen MR) is 35.3 cm³/mol. The van der Waals surface area contributed by atoms with E-state index in [1.165, 1.54) is 0 Å². The van der Waals surface area contributed by atoms with Gasteiger partial charge in [-0.05, 0) is 6.92 Å². The van der Waals surface area contributed by atoms with Crippen LogP contribution < -0.4 is 10.6 Å². The molecule has 0 aliphatic carbocycles. The van der Waals surface area contributed by atoms with Gasteiger partial charge in [-0.15, -0.1) is 0 Å². The first-order valence-corrected chi connectivity index (χ1v) is 2.96. The van der Waals surface area contributed by atoms with E-state index in [1.54, 1.807) is 6.92 Å². The van der Waals surface area contributed by atoms with Crippen molar-refractivity contribution in [1.82, 2.24) is 10.6 Å². The van der Waals surface area contributed by atoms with E-state index in [0.29, 0.717) is 0 Å². The topological polar surface area (TPSA) is 81.6 Å². The number of aliphatic hydroxyl groups excluding tert-OH is 2. The van der Waals surface area contributed by atoms with Gasteiger partial charge in [0.15, 0.2) is 0 Å². The average Bonchev–Trinajstić information content (AvgIpc) is 1.88. The molecule has 0 heterocycles. The van der Waals surface area contributed by atoms with Crippen LogP contribution in [0.2, 0.25) is 0 Å². The first-order chi connectivity index (χ1) is 4.70. The minimum atomic E-state index is -0.482. The molecule has 0 bridgehead atoms. The molecule has 0 radical (unpaired) electrons. The Bertz CT molecular complexity index is 107. The highest BCUT2D eigenvalue weighted by molar-refractivity contribution is 5.73. The summed E-state index contributed by atoms with van der Waals surface area (Å²) < 4.78 is 0. The van der Waals surface area contributed by atoms with Gasteiger partial charge in [0.25, 0.3) is 0 Å². The minimum absolute atomic E-state index is 0.112. The number of hydrogen-bond acceptors (Lipinski definition) is 3. The normalized spacial score (nSPS) is 12.3. The third-order valence-corrected chi connectivity index (χ3v) is 0.891. The summed E-state index contributed by atoms with van der Waals surface area (Å²) in [6, 6.07) is -0.768. The molecule has 1 unspecified atom stereocenters. The quantitative estimate of drug-likeness (QED) is 0.372. The van der Waals surface area contributed by atoms with E-state index in [4.69, 9.17) is 10.2 Å². The zero-order valence-corrected chi connectivity index (χ0v) is 5.79. The Morgan fingerprint density at radius 2 is 2.20 bits per heavy atom. The molecule has 0 aliphatic rings. The lowest BCUT2D eigenvalue weighted by Gasteiger charge is -2.09. The largest absolute Gasteiger partial charge is 0.394 e. The lowest BCUT2D eigenvalue weighted by molar-refractivity contribution is 0.204. The zero-order chi connectivity index (χ0) is 7.98. The number of hydrogen-bond donors (Lipinski definition) is 4. The maximum Gasteiger partial charge on any atom is 0.316 e. The summed E-state index contributed by atoms with van der Waals surface area (Å²) in [7, 11) is 0. The van der Waals surface area contributed by atoms with Gasteiger partial charge in [0.2, 0.25) is 0 Å². The smallest absolute Gasteiger partial charge is 0.316 e. The average molecular weight is 148 g/mol. The molecule has 60 valence electrons. The van der Waals surface area contributed by atoms with Gasteiger partial charge in [-0.3, -0.25) is 0 Å². The fourth-order valence-electron chi connectivity index (χ4n) is 0.392. The van der Waals surface area contributed by atoms with E-state index in [2.05, 4.69) is 10.6 Å². The monoisotopic (exact) mass is 148 g/mol. The number of nitrogens with one attached hydrogen (secondary N) is 2. The SMILES string of the molecule is CC(CO)NC(=O)NCO. The van der Waals surface area contributed by atoms with Gasteiger partial charge in [-0.1, -0.05) is 0 Å². The van der Waals surface area contributed by atoms with Crippen LogP contribution in [0.25, 0.3) is 0 Å². The summed E-state index contributed by atoms with van der Waals surface area (Å²) in [6.07, 6.45) is 0. The second-order valence-corrected chi connectivity index (χ2v) is 1.89. The van der Waals surface area contributed by atoms with Gasteiger partial charge in [-0.25, -0.2) is 4.79 Å². The fourth-order valence-corrected chi connectivity index (χ4v) is 0.392. The van der Waals surface area contributed by atoms with Crippen LogP contribution in [-0.2, 0) is 0 Å². The van der Waals surface area contributed by atoms with Crippen molar-refractivity contribution in [2.24, 2.45) is 0 Å². The summed E-state index contributed by atoms with van der Waals surface area (Å²) in [5.41, 5.74) is 0. The van der Waals surface area contributed by atoms with Crippen molar-refractivity contribution in [3.8, 4) is 0 Å². The minimum Gasteiger partial charge on any atom is -0.394 e. The lowest BCUT2D eigenvalue weighted by Crippen LogP contribution is -2.42. The molecule has 0 fully saturated rings. The molecule has 0 aromatic carbocycles. The number of carbonyl (C=O) groups is 1. The van der Waals surface area contributed by atoms with Crippen molar-refractivity contribution in [1.29, 1.82) is 0 Å². The first-order valence-electron chi connectivity index (χ1n) is 2.96. The molecule has 5 nitrogen and oxygen atoms in total. The Kier molecular flexibility index (Phi) is 4.61. The van der Waals surface area contributed by atoms with Gasteiger partial charge in [0, 0.05) is 0 Å². The molecule has 1 atom stereocenters. The molecule has 0 aromatic rings. The molecular formula is C5H12N2O3. The Morgan fingerprint density at radius 1 is 1.60 bits per heavy atom. The summed E-state index contributed by atoms with van der Waals surface area (Å²) in [6.45, 7) is 1.14. The van der Waals surface area contributed by atoms with Crippen molar-refractivity contribution >= 4 is 6.03 Å². The van der Waals surface area contributed by atoms with Crippen LogP contribution in [0.4, 0.5) is 4.79 Å². The lowest BCUT2D eigenvalue weighted by atomic mass is 10.4. The van der Waals surface area contributed by atoms with E-state index in [0.717, 1.165) is 0 Å². The molecular weight excluding hydrogens is 136 g/mol. The van der Waals surface area contributed by atoms with Crippen molar-refractivity contribution in [3.05, 3.63) is 0 Å². The number of aliphatic hydroxyl groups is 2. The molecule has 0 rings (SSSR count). The predicted octanol–water partition coefficient (Wildman–Crippen LogP) is -1.38. The molecule has 10 heavy (non-hydrogen) atoms. The van der Waals surface area contributed by atoms with E-state index < -0.39 is 12.8 Å². The second-order valence-electron chi connectivity index (χ2n) is 1.89. The van der Waals surface area contributed by atoms with Crippen LogP contribution in [0.5, 0.6) is 0 Å². The van der Waals surface area contributed by atoms with Crippen LogP contribution >= 0.6 is 0 Å². The molecule has 0 saturated carbocycles. The first kappa shape index (κ1) is 9.19. The highest BCUT2D eigenvalue weighted by atomic mass is 16.3. The fraction of sp³-hybridized carbons (Fsp3) is 0.800. The third-order valence-electron chi connectivity index (χ3n) is 0.891. The van der Waals surface area contributed by atoms with E-state index in [9.17, 15) is 4.79 Å². The third kappa shape index (κ3) is 4.11. The number of carbonyl (C=O) groups excluding carboxylic acids is 1. The Hall–Kier alpha value is -0.810. The van der Waals surface area contributed by atoms with Crippen molar-refractivity contribution in [2.75, 3.05) is 13.3 Å². The number of rotatable bonds is 3. The standard InChI is InChI=1S/C5H12N2O3/c1-4(2-8)7-5(10)6-3-9/h4,8-9H,2-3H2,1H3,(H2,6,7,10). The summed E-state index contributed by atoms with van der Waals surface area (Å²) in [5, 5.41) is 21.1.